The van der Waals surface area contributed by atoms with Gasteiger partial charge in [0.15, 0.2) is 11.5 Å². The number of hydrogen-bond donors (Lipinski definition) is 7. The number of nitrogens with one attached hydrogen (secondary N) is 3. The van der Waals surface area contributed by atoms with Crippen LogP contribution in [0.5, 0.6) is 23.0 Å². The van der Waals surface area contributed by atoms with Crippen molar-refractivity contribution in [2.45, 2.75) is 63.7 Å². The first-order valence-corrected chi connectivity index (χ1v) is 14.8. The van der Waals surface area contributed by atoms with Crippen LogP contribution in [0.15, 0.2) is 54.6 Å². The summed E-state index contributed by atoms with van der Waals surface area (Å²) in [6.07, 6.45) is 0.396. The highest BCUT2D eigenvalue weighted by atomic mass is 16.5. The van der Waals surface area contributed by atoms with Gasteiger partial charge >= 0.3 is 5.97 Å². The van der Waals surface area contributed by atoms with Crippen molar-refractivity contribution in [2.24, 2.45) is 11.7 Å². The second-order valence-corrected chi connectivity index (χ2v) is 11.6. The molecular weight excluding hydrogens is 580 g/mol. The number of phenols is 2. The van der Waals surface area contributed by atoms with Crippen molar-refractivity contribution >= 4 is 23.7 Å². The molecule has 0 aliphatic carbocycles. The second-order valence-electron chi connectivity index (χ2n) is 11.6. The highest BCUT2D eigenvalue weighted by Crippen LogP contribution is 2.44. The number of carbonyl (C=O) groups excluding carboxylic acids is 3. The molecule has 3 aromatic carbocycles. The van der Waals surface area contributed by atoms with Gasteiger partial charge in [0.05, 0.1) is 6.04 Å². The van der Waals surface area contributed by atoms with Gasteiger partial charge in [-0.2, -0.15) is 0 Å². The molecule has 0 aromatic heterocycles. The predicted octanol–water partition coefficient (Wildman–Crippen LogP) is 2.12. The molecule has 12 nitrogen and oxygen atoms in total. The largest absolute Gasteiger partial charge is 0.507 e. The zero-order valence-electron chi connectivity index (χ0n) is 24.9. The maximum atomic E-state index is 13.7. The van der Waals surface area contributed by atoms with E-state index in [1.807, 2.05) is 6.92 Å². The summed E-state index contributed by atoms with van der Waals surface area (Å²) in [6.45, 7) is 3.64. The SMILES string of the molecule is CC[C@H](C)[C@H]1NC(=O)[C@H](N)Cc2ccc(O)c(c2)-c2cc3cc(c2O)Oc2ccc(cc2)C[C@@H](C(=O)O)NC(=O)[C@H](C3)NC1=O. The Hall–Kier alpha value is -5.10. The molecule has 3 aliphatic rings. The molecule has 12 heteroatoms. The average molecular weight is 617 g/mol. The third kappa shape index (κ3) is 6.86. The van der Waals surface area contributed by atoms with Crippen molar-refractivity contribution in [1.29, 1.82) is 0 Å². The monoisotopic (exact) mass is 616 g/mol. The van der Waals surface area contributed by atoms with Gasteiger partial charge in [-0.1, -0.05) is 38.5 Å². The molecule has 8 N–H and O–H groups in total. The van der Waals surface area contributed by atoms with Gasteiger partial charge < -0.3 is 41.7 Å². The highest BCUT2D eigenvalue weighted by molar-refractivity contribution is 5.94. The number of hydrogen-bond acceptors (Lipinski definition) is 8. The van der Waals surface area contributed by atoms with Crippen LogP contribution in [-0.2, 0) is 38.4 Å². The van der Waals surface area contributed by atoms with Gasteiger partial charge in [0.1, 0.15) is 29.6 Å². The maximum Gasteiger partial charge on any atom is 0.326 e. The number of benzene rings is 3. The fourth-order valence-corrected chi connectivity index (χ4v) is 5.54. The number of phenolic OH excluding ortho intramolecular Hbond substituents is 2. The van der Waals surface area contributed by atoms with Crippen LogP contribution in [0.2, 0.25) is 0 Å². The average Bonchev–Trinajstić information content (AvgIpc) is 3.01. The minimum atomic E-state index is -1.31. The van der Waals surface area contributed by atoms with Gasteiger partial charge in [-0.3, -0.25) is 14.4 Å². The fraction of sp³-hybridized carbons (Fsp3) is 0.333. The van der Waals surface area contributed by atoms with E-state index in [2.05, 4.69) is 16.0 Å². The molecule has 3 aromatic rings. The number of aromatic hydroxyl groups is 2. The van der Waals surface area contributed by atoms with Crippen LogP contribution in [0.25, 0.3) is 11.1 Å². The lowest BCUT2D eigenvalue weighted by Gasteiger charge is -2.28. The Bertz CT molecular complexity index is 1640. The van der Waals surface area contributed by atoms with E-state index in [-0.39, 0.29) is 53.6 Å². The number of amides is 3. The number of carbonyl (C=O) groups is 4. The van der Waals surface area contributed by atoms with Crippen LogP contribution in [0.3, 0.4) is 0 Å². The van der Waals surface area contributed by atoms with Crippen molar-refractivity contribution in [3.8, 4) is 34.1 Å². The third-order valence-electron chi connectivity index (χ3n) is 8.35. The first-order valence-electron chi connectivity index (χ1n) is 14.8. The zero-order valence-corrected chi connectivity index (χ0v) is 24.9. The Balaban J connectivity index is 1.72. The minimum Gasteiger partial charge on any atom is -0.507 e. The Labute approximate surface area is 259 Å². The van der Waals surface area contributed by atoms with E-state index in [4.69, 9.17) is 10.5 Å². The molecule has 0 unspecified atom stereocenters. The molecular formula is C33H36N4O8. The first-order chi connectivity index (χ1) is 21.4. The quantitative estimate of drug-likeness (QED) is 0.230. The van der Waals surface area contributed by atoms with Gasteiger partial charge in [-0.15, -0.1) is 0 Å². The normalized spacial score (nSPS) is 22.6. The van der Waals surface area contributed by atoms with Gasteiger partial charge in [0, 0.05) is 24.0 Å². The molecule has 3 heterocycles. The van der Waals surface area contributed by atoms with E-state index in [1.165, 1.54) is 12.1 Å². The first kappa shape index (κ1) is 31.3. The summed E-state index contributed by atoms with van der Waals surface area (Å²) in [5, 5.41) is 40.2. The van der Waals surface area contributed by atoms with Crippen LogP contribution in [-0.4, -0.2) is 63.2 Å². The van der Waals surface area contributed by atoms with E-state index in [0.717, 1.165) is 0 Å². The molecule has 8 bridgehead atoms. The van der Waals surface area contributed by atoms with E-state index in [1.54, 1.807) is 49.4 Å². The molecule has 0 radical (unpaired) electrons. The summed E-state index contributed by atoms with van der Waals surface area (Å²) in [5.41, 5.74) is 8.28. The third-order valence-corrected chi connectivity index (χ3v) is 8.35. The lowest BCUT2D eigenvalue weighted by atomic mass is 9.94. The molecule has 3 amide bonds. The molecule has 0 saturated carbocycles. The summed E-state index contributed by atoms with van der Waals surface area (Å²) in [5.74, 6) is -3.67. The molecule has 0 fully saturated rings. The topological polar surface area (TPSA) is 200 Å². The van der Waals surface area contributed by atoms with Crippen molar-refractivity contribution in [2.75, 3.05) is 0 Å². The molecule has 3 aliphatic heterocycles. The molecule has 6 rings (SSSR count). The lowest BCUT2D eigenvalue weighted by Crippen LogP contribution is -2.59. The standard InChI is InChI=1S/C33H36N4O8/c1-3-16(2)28-32(42)35-24-14-19-11-22(21-10-18(6-9-26(21)38)12-23(34)30(40)37-28)29(39)27(15-19)45-20-7-4-17(5-8-20)13-25(33(43)44)36-31(24)41/h4-11,15-16,23-25,28,38-39H,3,12-14,34H2,1-2H3,(H,35,42)(H,36,41)(H,37,40)(H,43,44)/t16-,23+,24-,25-,28+/m0/s1. The Morgan fingerprint density at radius 3 is 2.24 bits per heavy atom. The number of nitrogens with two attached hydrogens (primary N) is 1. The summed E-state index contributed by atoms with van der Waals surface area (Å²) in [6, 6.07) is 9.54. The van der Waals surface area contributed by atoms with E-state index in [0.29, 0.717) is 28.9 Å². The summed E-state index contributed by atoms with van der Waals surface area (Å²) in [7, 11) is 0. The van der Waals surface area contributed by atoms with Gasteiger partial charge in [-0.05, 0) is 65.4 Å². The van der Waals surface area contributed by atoms with Crippen LogP contribution >= 0.6 is 0 Å². The molecule has 0 saturated heterocycles. The van der Waals surface area contributed by atoms with Crippen molar-refractivity contribution < 1.29 is 39.2 Å². The number of carboxylic acid groups (broad SMARTS) is 1. The van der Waals surface area contributed by atoms with Crippen LogP contribution < -0.4 is 26.4 Å². The smallest absolute Gasteiger partial charge is 0.326 e. The minimum absolute atomic E-state index is 0.0290. The van der Waals surface area contributed by atoms with Crippen molar-refractivity contribution in [3.05, 3.63) is 71.3 Å². The van der Waals surface area contributed by atoms with Crippen molar-refractivity contribution in [1.82, 2.24) is 16.0 Å². The Morgan fingerprint density at radius 2 is 1.56 bits per heavy atom. The fourth-order valence-electron chi connectivity index (χ4n) is 5.54. The van der Waals surface area contributed by atoms with Gasteiger partial charge in [0.25, 0.3) is 0 Å². The van der Waals surface area contributed by atoms with Crippen molar-refractivity contribution in [3.63, 3.8) is 0 Å². The van der Waals surface area contributed by atoms with Gasteiger partial charge in [0.2, 0.25) is 17.7 Å². The summed E-state index contributed by atoms with van der Waals surface area (Å²) < 4.78 is 6.06. The Morgan fingerprint density at radius 1 is 0.867 bits per heavy atom. The second kappa shape index (κ2) is 12.9. The van der Waals surface area contributed by atoms with Crippen LogP contribution in [0.4, 0.5) is 0 Å². The molecule has 45 heavy (non-hydrogen) atoms. The summed E-state index contributed by atoms with van der Waals surface area (Å²) >= 11 is 0. The number of ether oxygens (including phenoxy) is 1. The number of carboxylic acids is 1. The number of aliphatic carboxylic acids is 1. The van der Waals surface area contributed by atoms with E-state index >= 15 is 0 Å². The highest BCUT2D eigenvalue weighted by Gasteiger charge is 2.34. The van der Waals surface area contributed by atoms with Gasteiger partial charge in [-0.25, -0.2) is 4.79 Å². The predicted molar refractivity (Wildman–Crippen MR) is 164 cm³/mol. The lowest BCUT2D eigenvalue weighted by molar-refractivity contribution is -0.142. The molecule has 236 valence electrons. The van der Waals surface area contributed by atoms with E-state index in [9.17, 15) is 34.5 Å². The molecule has 0 spiro atoms. The number of rotatable bonds is 3. The summed E-state index contributed by atoms with van der Waals surface area (Å²) in [4.78, 5) is 52.9. The van der Waals surface area contributed by atoms with Crippen LogP contribution in [0, 0.1) is 5.92 Å². The van der Waals surface area contributed by atoms with E-state index < -0.39 is 47.9 Å². The maximum absolute atomic E-state index is 13.7. The molecule has 5 atom stereocenters. The van der Waals surface area contributed by atoms with Crippen LogP contribution in [0.1, 0.15) is 37.0 Å². The zero-order chi connectivity index (χ0) is 32.4. The number of fused-ring (bicyclic) bond motifs is 9. The Kier molecular flexibility index (Phi) is 8.96.